The summed E-state index contributed by atoms with van der Waals surface area (Å²) < 4.78 is 6.69. The first-order chi connectivity index (χ1) is 15.9. The molecule has 33 heavy (non-hydrogen) atoms. The molecule has 0 aliphatic rings. The van der Waals surface area contributed by atoms with Crippen LogP contribution >= 0.6 is 46.7 Å². The van der Waals surface area contributed by atoms with Crippen molar-refractivity contribution < 1.29 is 19.4 Å². The summed E-state index contributed by atoms with van der Waals surface area (Å²) in [6.45, 7) is 0.513. The number of thioether (sulfide) groups is 2. The highest BCUT2D eigenvalue weighted by Gasteiger charge is 2.19. The normalized spacial score (nSPS) is 11.0. The lowest BCUT2D eigenvalue weighted by atomic mass is 10.2. The number of carbonyl (C=O) groups excluding carboxylic acids is 1. The Kier molecular flexibility index (Phi) is 9.99. The van der Waals surface area contributed by atoms with Gasteiger partial charge in [0.05, 0.1) is 4.58 Å². The first-order valence-electron chi connectivity index (χ1n) is 10.1. The molecule has 1 aromatic heterocycles. The lowest BCUT2D eigenvalue weighted by molar-refractivity contribution is -0.158. The van der Waals surface area contributed by atoms with Crippen LogP contribution in [0.25, 0.3) is 0 Å². The summed E-state index contributed by atoms with van der Waals surface area (Å²) in [5, 5.41) is 10.2. The van der Waals surface area contributed by atoms with Crippen LogP contribution in [0.3, 0.4) is 0 Å². The first-order valence-corrected chi connectivity index (χ1v) is 12.9. The van der Waals surface area contributed by atoms with Crippen LogP contribution in [0.4, 0.5) is 0 Å². The van der Waals surface area contributed by atoms with Crippen molar-refractivity contribution in [1.29, 1.82) is 0 Å². The third kappa shape index (κ3) is 8.62. The van der Waals surface area contributed by atoms with E-state index in [2.05, 4.69) is 4.98 Å². The maximum absolute atomic E-state index is 11.4. The lowest BCUT2D eigenvalue weighted by Crippen LogP contribution is -2.22. The number of carboxylic acids is 1. The number of rotatable bonds is 11. The molecule has 0 aliphatic carbocycles. The van der Waals surface area contributed by atoms with Crippen LogP contribution in [0, 0.1) is 0 Å². The zero-order valence-corrected chi connectivity index (χ0v) is 20.7. The van der Waals surface area contributed by atoms with Gasteiger partial charge in [0.2, 0.25) is 0 Å². The van der Waals surface area contributed by atoms with Crippen LogP contribution in [0.2, 0.25) is 10.0 Å². The minimum Gasteiger partial charge on any atom is -0.473 e. The largest absolute Gasteiger partial charge is 0.473 e. The van der Waals surface area contributed by atoms with Gasteiger partial charge in [-0.05, 0) is 59.7 Å². The minimum absolute atomic E-state index is 0.0241. The number of hydrogen-bond acceptors (Lipinski definition) is 6. The number of ether oxygens (including phenoxy) is 1. The molecular formula is C23H22Cl2N2O4S2. The van der Waals surface area contributed by atoms with Gasteiger partial charge in [0, 0.05) is 29.0 Å². The number of esters is 1. The SMILES string of the molecule is O=C(O)C(=O)Oc1nccn1CC(SCCc1ccc(Cl)cc1)SCCc1ccc(Cl)cc1. The summed E-state index contributed by atoms with van der Waals surface area (Å²) in [6, 6.07) is 15.6. The Morgan fingerprint density at radius 2 is 1.45 bits per heavy atom. The fourth-order valence-corrected chi connectivity index (χ4v) is 5.88. The lowest BCUT2D eigenvalue weighted by Gasteiger charge is -2.18. The maximum atomic E-state index is 11.4. The van der Waals surface area contributed by atoms with Gasteiger partial charge in [-0.25, -0.2) is 14.6 Å². The van der Waals surface area contributed by atoms with Gasteiger partial charge in [-0.3, -0.25) is 4.57 Å². The second kappa shape index (κ2) is 12.9. The summed E-state index contributed by atoms with van der Waals surface area (Å²) >= 11 is 15.5. The third-order valence-electron chi connectivity index (χ3n) is 4.60. The van der Waals surface area contributed by atoms with Gasteiger partial charge in [-0.2, -0.15) is 0 Å². The molecule has 0 saturated heterocycles. The van der Waals surface area contributed by atoms with Crippen molar-refractivity contribution in [2.75, 3.05) is 11.5 Å². The van der Waals surface area contributed by atoms with Crippen LogP contribution in [0.1, 0.15) is 11.1 Å². The van der Waals surface area contributed by atoms with Crippen molar-refractivity contribution in [3.05, 3.63) is 82.1 Å². The smallest absolute Gasteiger partial charge is 0.425 e. The van der Waals surface area contributed by atoms with Crippen molar-refractivity contribution >= 4 is 58.7 Å². The number of aliphatic carboxylic acids is 1. The van der Waals surface area contributed by atoms with Crippen LogP contribution in [-0.4, -0.2) is 42.7 Å². The van der Waals surface area contributed by atoms with Gasteiger partial charge in [-0.1, -0.05) is 47.5 Å². The summed E-state index contributed by atoms with van der Waals surface area (Å²) in [5.41, 5.74) is 2.41. The Bertz CT molecular complexity index is 1010. The van der Waals surface area contributed by atoms with E-state index < -0.39 is 11.9 Å². The number of aromatic nitrogens is 2. The summed E-state index contributed by atoms with van der Waals surface area (Å²) in [4.78, 5) is 26.2. The topological polar surface area (TPSA) is 81.4 Å². The van der Waals surface area contributed by atoms with E-state index in [-0.39, 0.29) is 10.6 Å². The number of nitrogens with zero attached hydrogens (tertiary/aromatic N) is 2. The maximum Gasteiger partial charge on any atom is 0.425 e. The molecule has 6 nitrogen and oxygen atoms in total. The third-order valence-corrected chi connectivity index (χ3v) is 7.84. The van der Waals surface area contributed by atoms with Crippen molar-refractivity contribution in [3.63, 3.8) is 0 Å². The Hall–Kier alpha value is -2.13. The van der Waals surface area contributed by atoms with E-state index in [1.165, 1.54) is 17.3 Å². The Labute approximate surface area is 210 Å². The van der Waals surface area contributed by atoms with Gasteiger partial charge in [0.1, 0.15) is 0 Å². The number of aryl methyl sites for hydroxylation is 2. The van der Waals surface area contributed by atoms with Crippen LogP contribution in [0.5, 0.6) is 6.01 Å². The van der Waals surface area contributed by atoms with Gasteiger partial charge >= 0.3 is 17.9 Å². The summed E-state index contributed by atoms with van der Waals surface area (Å²) in [6.07, 6.45) is 4.94. The molecule has 174 valence electrons. The van der Waals surface area contributed by atoms with E-state index in [1.807, 2.05) is 48.5 Å². The molecule has 0 unspecified atom stereocenters. The predicted molar refractivity (Wildman–Crippen MR) is 135 cm³/mol. The fraction of sp³-hybridized carbons (Fsp3) is 0.261. The molecule has 2 aromatic carbocycles. The molecule has 0 aliphatic heterocycles. The molecule has 3 rings (SSSR count). The number of halogens is 2. The quantitative estimate of drug-likeness (QED) is 0.202. The molecule has 0 radical (unpaired) electrons. The van der Waals surface area contributed by atoms with E-state index in [9.17, 15) is 9.59 Å². The molecular weight excluding hydrogens is 503 g/mol. The average molecular weight is 525 g/mol. The zero-order chi connectivity index (χ0) is 23.6. The minimum atomic E-state index is -1.66. The predicted octanol–water partition coefficient (Wildman–Crippen LogP) is 5.46. The molecule has 0 fully saturated rings. The highest BCUT2D eigenvalue weighted by Crippen LogP contribution is 2.29. The molecule has 10 heteroatoms. The van der Waals surface area contributed by atoms with Crippen LogP contribution in [0.15, 0.2) is 60.9 Å². The highest BCUT2D eigenvalue weighted by molar-refractivity contribution is 8.17. The Morgan fingerprint density at radius 3 is 1.94 bits per heavy atom. The van der Waals surface area contributed by atoms with Crippen LogP contribution in [-0.2, 0) is 29.0 Å². The molecule has 0 spiro atoms. The van der Waals surface area contributed by atoms with Crippen molar-refractivity contribution in [1.82, 2.24) is 9.55 Å². The van der Waals surface area contributed by atoms with Gasteiger partial charge in [-0.15, -0.1) is 23.5 Å². The van der Waals surface area contributed by atoms with Crippen molar-refractivity contribution in [2.24, 2.45) is 0 Å². The number of imidazole rings is 1. The zero-order valence-electron chi connectivity index (χ0n) is 17.5. The number of carboxylic acid groups (broad SMARTS) is 1. The van der Waals surface area contributed by atoms with E-state index in [0.717, 1.165) is 24.3 Å². The number of hydrogen-bond donors (Lipinski definition) is 1. The molecule has 1 N–H and O–H groups in total. The standard InChI is InChI=1S/C23H22Cl2N2O4S2/c24-18-5-1-16(2-6-18)9-13-32-20(33-14-10-17-3-7-19(25)8-4-17)15-27-12-11-26-23(27)31-22(30)21(28)29/h1-8,11-12,20H,9-10,13-15H2,(H,28,29). The van der Waals surface area contributed by atoms with Crippen molar-refractivity contribution in [2.45, 2.75) is 24.0 Å². The molecule has 0 saturated carbocycles. The molecule has 0 amide bonds. The Morgan fingerprint density at radius 1 is 0.939 bits per heavy atom. The monoisotopic (exact) mass is 524 g/mol. The first kappa shape index (κ1) is 25.5. The van der Waals surface area contributed by atoms with Gasteiger partial charge in [0.15, 0.2) is 0 Å². The fourth-order valence-electron chi connectivity index (χ4n) is 2.90. The molecule has 0 bridgehead atoms. The highest BCUT2D eigenvalue weighted by atomic mass is 35.5. The number of benzene rings is 2. The van der Waals surface area contributed by atoms with E-state index in [1.54, 1.807) is 34.3 Å². The van der Waals surface area contributed by atoms with Crippen LogP contribution < -0.4 is 4.74 Å². The summed E-state index contributed by atoms with van der Waals surface area (Å²) in [5.74, 6) is -1.24. The average Bonchev–Trinajstić information content (AvgIpc) is 3.22. The number of carbonyl (C=O) groups is 2. The van der Waals surface area contributed by atoms with E-state index >= 15 is 0 Å². The van der Waals surface area contributed by atoms with E-state index in [4.69, 9.17) is 33.0 Å². The van der Waals surface area contributed by atoms with E-state index in [0.29, 0.717) is 16.6 Å². The van der Waals surface area contributed by atoms with Gasteiger partial charge < -0.3 is 9.84 Å². The summed E-state index contributed by atoms with van der Waals surface area (Å²) in [7, 11) is 0. The Balaban J connectivity index is 1.60. The second-order valence-electron chi connectivity index (χ2n) is 6.98. The molecule has 3 aromatic rings. The molecule has 0 atom stereocenters. The van der Waals surface area contributed by atoms with Crippen molar-refractivity contribution in [3.8, 4) is 6.01 Å². The second-order valence-corrected chi connectivity index (χ2v) is 10.8. The molecule has 1 heterocycles. The van der Waals surface area contributed by atoms with Gasteiger partial charge in [0.25, 0.3) is 0 Å².